The maximum Gasteiger partial charge on any atom is 0.329 e. The van der Waals surface area contributed by atoms with Gasteiger partial charge in [-0.1, -0.05) is 6.92 Å². The Morgan fingerprint density at radius 2 is 2.41 bits per heavy atom. The van der Waals surface area contributed by atoms with E-state index >= 15 is 0 Å². The van der Waals surface area contributed by atoms with E-state index in [2.05, 4.69) is 12.2 Å². The highest BCUT2D eigenvalue weighted by Crippen LogP contribution is 2.48. The molecule has 1 spiro atoms. The average molecular weight is 257 g/mol. The molecule has 0 bridgehead atoms. The van der Waals surface area contributed by atoms with Gasteiger partial charge in [-0.25, -0.2) is 4.79 Å². The van der Waals surface area contributed by atoms with Crippen molar-refractivity contribution in [3.05, 3.63) is 0 Å². The lowest BCUT2D eigenvalue weighted by molar-refractivity contribution is -0.148. The molecule has 0 aromatic rings. The lowest BCUT2D eigenvalue weighted by Crippen LogP contribution is -2.50. The summed E-state index contributed by atoms with van der Waals surface area (Å²) in [6.07, 6.45) is 2.47. The molecule has 2 aliphatic rings. The molecule has 0 aromatic carbocycles. The Hall–Kier alpha value is -0.710. The minimum absolute atomic E-state index is 0.0163. The summed E-state index contributed by atoms with van der Waals surface area (Å²) in [4.78, 5) is 23.6. The van der Waals surface area contributed by atoms with E-state index in [0.29, 0.717) is 18.3 Å². The maximum absolute atomic E-state index is 12.0. The van der Waals surface area contributed by atoms with Crippen LogP contribution in [0.4, 0.5) is 0 Å². The number of amides is 1. The second-order valence-electron chi connectivity index (χ2n) is 4.78. The van der Waals surface area contributed by atoms with Gasteiger partial charge in [-0.2, -0.15) is 11.8 Å². The molecule has 2 aliphatic heterocycles. The van der Waals surface area contributed by atoms with Crippen molar-refractivity contribution < 1.29 is 14.3 Å². The molecule has 1 N–H and O–H groups in total. The fourth-order valence-corrected chi connectivity index (χ4v) is 4.25. The highest BCUT2D eigenvalue weighted by atomic mass is 32.2. The third-order valence-electron chi connectivity index (χ3n) is 3.86. The van der Waals surface area contributed by atoms with Gasteiger partial charge in [0, 0.05) is 17.1 Å². The molecule has 2 saturated heterocycles. The largest absolute Gasteiger partial charge is 0.464 e. The van der Waals surface area contributed by atoms with E-state index in [-0.39, 0.29) is 17.3 Å². The van der Waals surface area contributed by atoms with E-state index in [1.165, 1.54) is 0 Å². The van der Waals surface area contributed by atoms with Crippen molar-refractivity contribution in [2.45, 2.75) is 44.4 Å². The summed E-state index contributed by atoms with van der Waals surface area (Å²) in [6.45, 7) is 4.28. The van der Waals surface area contributed by atoms with Crippen LogP contribution in [0.25, 0.3) is 0 Å². The van der Waals surface area contributed by atoms with Crippen molar-refractivity contribution in [3.63, 3.8) is 0 Å². The number of esters is 1. The molecule has 3 unspecified atom stereocenters. The fourth-order valence-electron chi connectivity index (χ4n) is 2.92. The third kappa shape index (κ3) is 2.17. The van der Waals surface area contributed by atoms with Gasteiger partial charge in [-0.3, -0.25) is 4.79 Å². The number of rotatable bonds is 2. The van der Waals surface area contributed by atoms with E-state index in [1.54, 1.807) is 6.92 Å². The predicted molar refractivity (Wildman–Crippen MR) is 66.8 cm³/mol. The molecule has 2 heterocycles. The van der Waals surface area contributed by atoms with Gasteiger partial charge in [0.25, 0.3) is 0 Å². The van der Waals surface area contributed by atoms with Crippen molar-refractivity contribution in [1.29, 1.82) is 0 Å². The second kappa shape index (κ2) is 4.88. The first kappa shape index (κ1) is 12.7. The number of hydrogen-bond acceptors (Lipinski definition) is 4. The van der Waals surface area contributed by atoms with E-state index in [0.717, 1.165) is 18.6 Å². The summed E-state index contributed by atoms with van der Waals surface area (Å²) in [5.41, 5.74) is -0.230. The van der Waals surface area contributed by atoms with E-state index < -0.39 is 6.04 Å². The van der Waals surface area contributed by atoms with Crippen molar-refractivity contribution in [1.82, 2.24) is 5.32 Å². The van der Waals surface area contributed by atoms with Gasteiger partial charge in [-0.15, -0.1) is 0 Å². The standard InChI is InChI=1S/C12H19NO3S/c1-3-16-11(15)10-12(7-9(14)13-10)5-4-6-17-8(12)2/h8,10H,3-7H2,1-2H3,(H,13,14). The van der Waals surface area contributed by atoms with Crippen molar-refractivity contribution in [2.24, 2.45) is 5.41 Å². The summed E-state index contributed by atoms with van der Waals surface area (Å²) in [5.74, 6) is 0.831. The fraction of sp³-hybridized carbons (Fsp3) is 0.833. The van der Waals surface area contributed by atoms with Gasteiger partial charge in [0.15, 0.2) is 0 Å². The summed E-state index contributed by atoms with van der Waals surface area (Å²) >= 11 is 1.86. The molecule has 2 fully saturated rings. The monoisotopic (exact) mass is 257 g/mol. The highest BCUT2D eigenvalue weighted by Gasteiger charge is 2.55. The topological polar surface area (TPSA) is 55.4 Å². The number of ether oxygens (including phenoxy) is 1. The van der Waals surface area contributed by atoms with Crippen molar-refractivity contribution in [2.75, 3.05) is 12.4 Å². The zero-order valence-electron chi connectivity index (χ0n) is 10.3. The maximum atomic E-state index is 12.0. The quantitative estimate of drug-likeness (QED) is 0.759. The van der Waals surface area contributed by atoms with Gasteiger partial charge < -0.3 is 10.1 Å². The van der Waals surface area contributed by atoms with Gasteiger partial charge in [-0.05, 0) is 25.5 Å². The average Bonchev–Trinajstić information content (AvgIpc) is 2.62. The summed E-state index contributed by atoms with van der Waals surface area (Å²) in [6, 6.07) is -0.447. The van der Waals surface area contributed by atoms with E-state index in [1.807, 2.05) is 11.8 Å². The van der Waals surface area contributed by atoms with Crippen LogP contribution in [0.2, 0.25) is 0 Å². The molecule has 0 saturated carbocycles. The van der Waals surface area contributed by atoms with Crippen LogP contribution in [0.15, 0.2) is 0 Å². The van der Waals surface area contributed by atoms with Gasteiger partial charge in [0.1, 0.15) is 6.04 Å². The molecule has 4 nitrogen and oxygen atoms in total. The van der Waals surface area contributed by atoms with Crippen LogP contribution in [-0.2, 0) is 14.3 Å². The molecule has 5 heteroatoms. The van der Waals surface area contributed by atoms with Crippen molar-refractivity contribution in [3.8, 4) is 0 Å². The molecule has 0 aliphatic carbocycles. The Balaban J connectivity index is 2.23. The normalized spacial score (nSPS) is 36.9. The lowest BCUT2D eigenvalue weighted by Gasteiger charge is -2.41. The minimum atomic E-state index is -0.447. The lowest BCUT2D eigenvalue weighted by atomic mass is 9.73. The molecular formula is C12H19NO3S. The summed E-state index contributed by atoms with van der Waals surface area (Å²) < 4.78 is 5.09. The van der Waals surface area contributed by atoms with Crippen LogP contribution < -0.4 is 5.32 Å². The van der Waals surface area contributed by atoms with Crippen LogP contribution in [0.1, 0.15) is 33.1 Å². The van der Waals surface area contributed by atoms with Gasteiger partial charge in [0.2, 0.25) is 5.91 Å². The van der Waals surface area contributed by atoms with E-state index in [9.17, 15) is 9.59 Å². The smallest absolute Gasteiger partial charge is 0.329 e. The van der Waals surface area contributed by atoms with Crippen molar-refractivity contribution >= 4 is 23.6 Å². The van der Waals surface area contributed by atoms with Crippen LogP contribution in [-0.4, -0.2) is 35.5 Å². The van der Waals surface area contributed by atoms with E-state index in [4.69, 9.17) is 4.74 Å². The number of hydrogen-bond donors (Lipinski definition) is 1. The third-order valence-corrected chi connectivity index (χ3v) is 5.35. The Labute approximate surface area is 106 Å². The molecule has 96 valence electrons. The van der Waals surface area contributed by atoms with Crippen LogP contribution >= 0.6 is 11.8 Å². The number of carbonyl (C=O) groups excluding carboxylic acids is 2. The molecule has 3 atom stereocenters. The molecule has 2 rings (SSSR count). The summed E-state index contributed by atoms with van der Waals surface area (Å²) in [5, 5.41) is 3.13. The Morgan fingerprint density at radius 1 is 1.65 bits per heavy atom. The first-order valence-electron chi connectivity index (χ1n) is 6.18. The molecule has 17 heavy (non-hydrogen) atoms. The van der Waals surface area contributed by atoms with Gasteiger partial charge in [0.05, 0.1) is 6.61 Å². The van der Waals surface area contributed by atoms with Crippen LogP contribution in [0.3, 0.4) is 0 Å². The molecule has 0 radical (unpaired) electrons. The number of carbonyl (C=O) groups is 2. The first-order valence-corrected chi connectivity index (χ1v) is 7.22. The molecular weight excluding hydrogens is 238 g/mol. The Kier molecular flexibility index (Phi) is 3.66. The van der Waals surface area contributed by atoms with Crippen LogP contribution in [0.5, 0.6) is 0 Å². The Morgan fingerprint density at radius 3 is 3.06 bits per heavy atom. The number of nitrogens with one attached hydrogen (secondary N) is 1. The molecule has 0 aromatic heterocycles. The Bertz CT molecular complexity index is 334. The highest BCUT2D eigenvalue weighted by molar-refractivity contribution is 7.99. The molecule has 1 amide bonds. The van der Waals surface area contributed by atoms with Gasteiger partial charge >= 0.3 is 5.97 Å². The zero-order valence-corrected chi connectivity index (χ0v) is 11.1. The SMILES string of the molecule is CCOC(=O)C1NC(=O)CC12CCCSC2C. The first-order chi connectivity index (χ1) is 8.10. The predicted octanol–water partition coefficient (Wildman–Crippen LogP) is 1.34. The second-order valence-corrected chi connectivity index (χ2v) is 6.23. The number of thioether (sulfide) groups is 1. The summed E-state index contributed by atoms with van der Waals surface area (Å²) in [7, 11) is 0. The minimum Gasteiger partial charge on any atom is -0.464 e. The zero-order chi connectivity index (χ0) is 12.5. The van der Waals surface area contributed by atoms with Crippen LogP contribution in [0, 0.1) is 5.41 Å².